The third kappa shape index (κ3) is 5.50. The van der Waals surface area contributed by atoms with Gasteiger partial charge in [0, 0.05) is 6.04 Å². The second-order valence-electron chi connectivity index (χ2n) is 5.30. The first kappa shape index (κ1) is 20.0. The summed E-state index contributed by atoms with van der Waals surface area (Å²) < 4.78 is 74.3. The van der Waals surface area contributed by atoms with Gasteiger partial charge in [0.15, 0.2) is 0 Å². The molecule has 0 heterocycles. The van der Waals surface area contributed by atoms with E-state index in [0.717, 1.165) is 43.5 Å². The van der Waals surface area contributed by atoms with Crippen LogP contribution in [0.5, 0.6) is 0 Å². The molecular weight excluding hydrogens is 348 g/mol. The highest BCUT2D eigenvalue weighted by molar-refractivity contribution is 7.91. The summed E-state index contributed by atoms with van der Waals surface area (Å²) in [7, 11) is -8.54. The molecule has 132 valence electrons. The van der Waals surface area contributed by atoms with Crippen molar-refractivity contribution in [3.63, 3.8) is 0 Å². The maximum Gasteiger partial charge on any atom is 0.341 e. The molecule has 0 fully saturated rings. The molecule has 0 spiro atoms. The summed E-state index contributed by atoms with van der Waals surface area (Å²) in [6.07, 6.45) is 3.61. The lowest BCUT2D eigenvalue weighted by molar-refractivity contribution is 0.234. The Hall–Kier alpha value is -1.06. The highest BCUT2D eigenvalue weighted by Crippen LogP contribution is 2.20. The fraction of sp³-hybridized carbons (Fsp3) is 0.571. The molecular formula is C14H21F2NO4S2. The third-order valence-corrected chi connectivity index (χ3v) is 6.30. The normalized spacial score (nSPS) is 14.1. The number of benzene rings is 1. The number of rotatable bonds is 9. The van der Waals surface area contributed by atoms with Gasteiger partial charge in [-0.3, -0.25) is 0 Å². The van der Waals surface area contributed by atoms with Crippen molar-refractivity contribution >= 4 is 19.9 Å². The minimum atomic E-state index is -4.73. The van der Waals surface area contributed by atoms with E-state index in [1.165, 1.54) is 0 Å². The number of sulfone groups is 1. The van der Waals surface area contributed by atoms with E-state index in [4.69, 9.17) is 0 Å². The van der Waals surface area contributed by atoms with Gasteiger partial charge in [-0.15, -0.1) is 0 Å². The van der Waals surface area contributed by atoms with Gasteiger partial charge in [-0.2, -0.15) is 8.78 Å². The number of nitrogens with one attached hydrogen (secondary N) is 1. The van der Waals surface area contributed by atoms with Crippen LogP contribution in [0.2, 0.25) is 0 Å². The number of hydrogen-bond acceptors (Lipinski definition) is 4. The van der Waals surface area contributed by atoms with Crippen molar-refractivity contribution in [1.29, 1.82) is 0 Å². The summed E-state index contributed by atoms with van der Waals surface area (Å²) in [5, 5.41) is 0. The summed E-state index contributed by atoms with van der Waals surface area (Å²) in [5.41, 5.74) is 0. The Kier molecular flexibility index (Phi) is 7.09. The summed E-state index contributed by atoms with van der Waals surface area (Å²) in [5.74, 6) is -3.54. The average Bonchev–Trinajstić information content (AvgIpc) is 2.47. The van der Waals surface area contributed by atoms with Crippen LogP contribution < -0.4 is 4.72 Å². The van der Waals surface area contributed by atoms with E-state index in [1.807, 2.05) is 6.92 Å². The lowest BCUT2D eigenvalue weighted by atomic mass is 10.1. The van der Waals surface area contributed by atoms with Gasteiger partial charge in [-0.05, 0) is 37.6 Å². The molecule has 23 heavy (non-hydrogen) atoms. The molecule has 1 atom stereocenters. The van der Waals surface area contributed by atoms with Crippen molar-refractivity contribution in [3.05, 3.63) is 24.3 Å². The lowest BCUT2D eigenvalue weighted by Gasteiger charge is -2.14. The van der Waals surface area contributed by atoms with Crippen molar-refractivity contribution < 1.29 is 25.6 Å². The Morgan fingerprint density at radius 2 is 1.52 bits per heavy atom. The molecule has 1 aromatic carbocycles. The van der Waals surface area contributed by atoms with Crippen molar-refractivity contribution in [2.75, 3.05) is 0 Å². The number of sulfonamides is 1. The molecule has 1 aromatic rings. The van der Waals surface area contributed by atoms with Gasteiger partial charge < -0.3 is 0 Å². The molecule has 5 nitrogen and oxygen atoms in total. The smallest absolute Gasteiger partial charge is 0.218 e. The Morgan fingerprint density at radius 3 is 2.00 bits per heavy atom. The summed E-state index contributed by atoms with van der Waals surface area (Å²) in [6, 6.07) is 3.50. The third-order valence-electron chi connectivity index (χ3n) is 3.29. The molecule has 0 unspecified atom stereocenters. The molecule has 0 aliphatic carbocycles. The molecule has 0 saturated heterocycles. The van der Waals surface area contributed by atoms with Gasteiger partial charge in [0.1, 0.15) is 0 Å². The molecule has 0 bridgehead atoms. The predicted molar refractivity (Wildman–Crippen MR) is 83.6 cm³/mol. The first-order chi connectivity index (χ1) is 10.6. The van der Waals surface area contributed by atoms with Crippen molar-refractivity contribution in [2.45, 2.75) is 61.1 Å². The number of unbranched alkanes of at least 4 members (excludes halogenated alkanes) is 2. The van der Waals surface area contributed by atoms with Crippen LogP contribution in [0.15, 0.2) is 34.1 Å². The number of alkyl halides is 2. The molecule has 1 N–H and O–H groups in total. The monoisotopic (exact) mass is 369 g/mol. The van der Waals surface area contributed by atoms with Crippen LogP contribution in [0.4, 0.5) is 8.78 Å². The molecule has 0 aliphatic rings. The zero-order valence-corrected chi connectivity index (χ0v) is 14.6. The van der Waals surface area contributed by atoms with Gasteiger partial charge in [-0.25, -0.2) is 21.6 Å². The molecule has 1 rings (SSSR count). The van der Waals surface area contributed by atoms with Crippen molar-refractivity contribution in [2.24, 2.45) is 0 Å². The van der Waals surface area contributed by atoms with Gasteiger partial charge in [0.25, 0.3) is 0 Å². The Labute approximate surface area is 136 Å². The van der Waals surface area contributed by atoms with E-state index in [1.54, 1.807) is 6.92 Å². The quantitative estimate of drug-likeness (QED) is 0.679. The fourth-order valence-electron chi connectivity index (χ4n) is 2.00. The van der Waals surface area contributed by atoms with E-state index >= 15 is 0 Å². The summed E-state index contributed by atoms with van der Waals surface area (Å²) >= 11 is 0. The second kappa shape index (κ2) is 8.16. The fourth-order valence-corrected chi connectivity index (χ4v) is 4.00. The molecule has 0 aromatic heterocycles. The highest BCUT2D eigenvalue weighted by Gasteiger charge is 2.27. The zero-order chi connectivity index (χ0) is 17.7. The first-order valence-electron chi connectivity index (χ1n) is 7.25. The van der Waals surface area contributed by atoms with Crippen LogP contribution in [0.25, 0.3) is 0 Å². The van der Waals surface area contributed by atoms with Crippen LogP contribution in [-0.2, 0) is 19.9 Å². The molecule has 0 saturated carbocycles. The molecule has 0 radical (unpaired) electrons. The van der Waals surface area contributed by atoms with Crippen LogP contribution in [0.3, 0.4) is 0 Å². The average molecular weight is 369 g/mol. The molecule has 9 heteroatoms. The minimum Gasteiger partial charge on any atom is -0.218 e. The Balaban J connectivity index is 2.86. The first-order valence-corrected chi connectivity index (χ1v) is 10.3. The zero-order valence-electron chi connectivity index (χ0n) is 13.0. The van der Waals surface area contributed by atoms with Gasteiger partial charge in [0.05, 0.1) is 9.79 Å². The summed E-state index contributed by atoms with van der Waals surface area (Å²) in [4.78, 5) is -0.768. The topological polar surface area (TPSA) is 80.3 Å². The second-order valence-corrected chi connectivity index (χ2v) is 8.93. The lowest BCUT2D eigenvalue weighted by Crippen LogP contribution is -2.32. The van der Waals surface area contributed by atoms with E-state index in [0.29, 0.717) is 6.42 Å². The number of halogens is 2. The maximum absolute atomic E-state index is 12.4. The number of hydrogen-bond donors (Lipinski definition) is 1. The van der Waals surface area contributed by atoms with Crippen LogP contribution in [0.1, 0.15) is 39.5 Å². The van der Waals surface area contributed by atoms with Crippen LogP contribution in [0, 0.1) is 0 Å². The Morgan fingerprint density at radius 1 is 1.00 bits per heavy atom. The molecule has 0 aliphatic heterocycles. The van der Waals surface area contributed by atoms with Gasteiger partial charge in [0.2, 0.25) is 19.9 Å². The van der Waals surface area contributed by atoms with Crippen LogP contribution in [-0.4, -0.2) is 28.6 Å². The standard InChI is InChI=1S/C14H21F2NO4S2/c1-3-4-5-6-11(2)17-23(20,21)13-9-7-12(8-10-13)22(18,19)14(15)16/h7-11,14,17H,3-6H2,1-2H3/t11-/m0/s1. The molecule has 0 amide bonds. The SMILES string of the molecule is CCCCC[C@H](C)NS(=O)(=O)c1ccc(S(=O)(=O)C(F)F)cc1. The predicted octanol–water partition coefficient (Wildman–Crippen LogP) is 2.93. The van der Waals surface area contributed by atoms with Gasteiger partial charge in [-0.1, -0.05) is 26.2 Å². The van der Waals surface area contributed by atoms with Crippen molar-refractivity contribution in [1.82, 2.24) is 4.72 Å². The van der Waals surface area contributed by atoms with E-state index < -0.39 is 30.5 Å². The highest BCUT2D eigenvalue weighted by atomic mass is 32.2. The van der Waals surface area contributed by atoms with E-state index in [9.17, 15) is 25.6 Å². The Bertz CT molecular complexity index is 701. The largest absolute Gasteiger partial charge is 0.341 e. The maximum atomic E-state index is 12.4. The summed E-state index contributed by atoms with van der Waals surface area (Å²) in [6.45, 7) is 3.78. The van der Waals surface area contributed by atoms with E-state index in [-0.39, 0.29) is 10.9 Å². The minimum absolute atomic E-state index is 0.159. The van der Waals surface area contributed by atoms with Crippen LogP contribution >= 0.6 is 0 Å². The van der Waals surface area contributed by atoms with Gasteiger partial charge >= 0.3 is 5.76 Å². The van der Waals surface area contributed by atoms with E-state index in [2.05, 4.69) is 4.72 Å². The van der Waals surface area contributed by atoms with Crippen molar-refractivity contribution in [3.8, 4) is 0 Å².